The molecule has 3 rings (SSSR count). The van der Waals surface area contributed by atoms with Gasteiger partial charge in [0.05, 0.1) is 6.42 Å². The van der Waals surface area contributed by atoms with E-state index in [1.54, 1.807) is 0 Å². The minimum atomic E-state index is 0.240. The van der Waals surface area contributed by atoms with E-state index in [1.807, 2.05) is 4.90 Å². The molecular weight excluding hydrogens is 308 g/mol. The first-order chi connectivity index (χ1) is 12.0. The topological polar surface area (TPSA) is 23.6 Å². The summed E-state index contributed by atoms with van der Waals surface area (Å²) in [7, 11) is 0. The van der Waals surface area contributed by atoms with Gasteiger partial charge < -0.3 is 9.80 Å². The number of hydrogen-bond acceptors (Lipinski definition) is 2. The summed E-state index contributed by atoms with van der Waals surface area (Å²) in [6.45, 7) is 12.0. The molecule has 0 aromatic heterocycles. The molecule has 0 bridgehead atoms. The van der Waals surface area contributed by atoms with Gasteiger partial charge in [-0.05, 0) is 61.6 Å². The van der Waals surface area contributed by atoms with Gasteiger partial charge in [0, 0.05) is 31.9 Å². The lowest BCUT2D eigenvalue weighted by atomic mass is 10.0. The van der Waals surface area contributed by atoms with Crippen molar-refractivity contribution in [2.45, 2.75) is 34.1 Å². The second kappa shape index (κ2) is 7.30. The van der Waals surface area contributed by atoms with Crippen molar-refractivity contribution in [2.24, 2.45) is 0 Å². The number of amides is 1. The third-order valence-corrected chi connectivity index (χ3v) is 5.48. The lowest BCUT2D eigenvalue weighted by Crippen LogP contribution is -2.49. The molecule has 0 radical (unpaired) electrons. The molecule has 0 saturated carbocycles. The molecule has 25 heavy (non-hydrogen) atoms. The van der Waals surface area contributed by atoms with Crippen LogP contribution in [-0.4, -0.2) is 37.0 Å². The molecule has 1 aliphatic heterocycles. The molecule has 0 N–H and O–H groups in total. The normalized spacial score (nSPS) is 14.7. The molecule has 3 heteroatoms. The van der Waals surface area contributed by atoms with E-state index in [4.69, 9.17) is 0 Å². The molecule has 1 heterocycles. The van der Waals surface area contributed by atoms with Crippen molar-refractivity contribution in [2.75, 3.05) is 31.1 Å². The second-order valence-electron chi connectivity index (χ2n) is 7.18. The maximum absolute atomic E-state index is 12.6. The third-order valence-electron chi connectivity index (χ3n) is 5.48. The van der Waals surface area contributed by atoms with Crippen LogP contribution in [0.3, 0.4) is 0 Å². The highest BCUT2D eigenvalue weighted by Gasteiger charge is 2.22. The van der Waals surface area contributed by atoms with Crippen LogP contribution < -0.4 is 4.90 Å². The predicted octanol–water partition coefficient (Wildman–Crippen LogP) is 3.81. The molecule has 1 fully saturated rings. The molecule has 0 atom stereocenters. The second-order valence-corrected chi connectivity index (χ2v) is 7.18. The maximum Gasteiger partial charge on any atom is 0.227 e. The zero-order valence-corrected chi connectivity index (χ0v) is 15.8. The lowest BCUT2D eigenvalue weighted by molar-refractivity contribution is -0.130. The van der Waals surface area contributed by atoms with Crippen LogP contribution in [0, 0.1) is 27.7 Å². The largest absolute Gasteiger partial charge is 0.368 e. The molecular formula is C22H28N2O. The minimum absolute atomic E-state index is 0.240. The number of hydrogen-bond donors (Lipinski definition) is 0. The Labute approximate surface area is 151 Å². The summed E-state index contributed by atoms with van der Waals surface area (Å²) < 4.78 is 0. The summed E-state index contributed by atoms with van der Waals surface area (Å²) in [5, 5.41) is 0. The molecule has 2 aromatic rings. The summed E-state index contributed by atoms with van der Waals surface area (Å²) in [5.74, 6) is 0.240. The number of carbonyl (C=O) groups is 1. The summed E-state index contributed by atoms with van der Waals surface area (Å²) in [5.41, 5.74) is 7.62. The standard InChI is InChI=1S/C22H28N2O/c1-16-8-9-20(14-18(16)3)15-22(25)24-12-10-23(11-13-24)21-7-5-6-17(2)19(21)4/h5-9,14H,10-13,15H2,1-4H3. The fraction of sp³-hybridized carbons (Fsp3) is 0.409. The fourth-order valence-corrected chi connectivity index (χ4v) is 3.47. The van der Waals surface area contributed by atoms with Gasteiger partial charge in [-0.2, -0.15) is 0 Å². The molecule has 1 amide bonds. The van der Waals surface area contributed by atoms with Crippen molar-refractivity contribution in [1.82, 2.24) is 4.90 Å². The maximum atomic E-state index is 12.6. The SMILES string of the molecule is Cc1ccc(CC(=O)N2CCN(c3cccc(C)c3C)CC2)cc1C. The van der Waals surface area contributed by atoms with Crippen molar-refractivity contribution in [3.8, 4) is 0 Å². The zero-order valence-electron chi connectivity index (χ0n) is 15.8. The number of carbonyl (C=O) groups excluding carboxylic acids is 1. The lowest BCUT2D eigenvalue weighted by Gasteiger charge is -2.37. The first-order valence-electron chi connectivity index (χ1n) is 9.11. The third kappa shape index (κ3) is 3.87. The van der Waals surface area contributed by atoms with E-state index in [-0.39, 0.29) is 5.91 Å². The number of nitrogens with zero attached hydrogens (tertiary/aromatic N) is 2. The number of rotatable bonds is 3. The van der Waals surface area contributed by atoms with E-state index in [9.17, 15) is 4.79 Å². The Hall–Kier alpha value is -2.29. The Kier molecular flexibility index (Phi) is 5.12. The average molecular weight is 336 g/mol. The molecule has 3 nitrogen and oxygen atoms in total. The van der Waals surface area contributed by atoms with Crippen LogP contribution in [0.1, 0.15) is 27.8 Å². The molecule has 1 aliphatic rings. The highest BCUT2D eigenvalue weighted by atomic mass is 16.2. The average Bonchev–Trinajstić information content (AvgIpc) is 2.61. The van der Waals surface area contributed by atoms with Crippen molar-refractivity contribution in [3.05, 3.63) is 64.2 Å². The van der Waals surface area contributed by atoms with Crippen LogP contribution in [-0.2, 0) is 11.2 Å². The molecule has 0 unspecified atom stereocenters. The van der Waals surface area contributed by atoms with E-state index >= 15 is 0 Å². The molecule has 132 valence electrons. The van der Waals surface area contributed by atoms with Gasteiger partial charge in [0.25, 0.3) is 0 Å². The van der Waals surface area contributed by atoms with E-state index in [2.05, 4.69) is 69.0 Å². The van der Waals surface area contributed by atoms with Crippen molar-refractivity contribution in [1.29, 1.82) is 0 Å². The van der Waals surface area contributed by atoms with Crippen molar-refractivity contribution < 1.29 is 4.79 Å². The highest BCUT2D eigenvalue weighted by molar-refractivity contribution is 5.79. The number of anilines is 1. The van der Waals surface area contributed by atoms with Gasteiger partial charge in [-0.3, -0.25) is 4.79 Å². The monoisotopic (exact) mass is 336 g/mol. The number of aryl methyl sites for hydroxylation is 3. The zero-order chi connectivity index (χ0) is 18.0. The molecule has 2 aromatic carbocycles. The smallest absolute Gasteiger partial charge is 0.227 e. The van der Waals surface area contributed by atoms with Gasteiger partial charge in [-0.15, -0.1) is 0 Å². The predicted molar refractivity (Wildman–Crippen MR) is 104 cm³/mol. The van der Waals surface area contributed by atoms with E-state index in [0.717, 1.165) is 31.7 Å². The van der Waals surface area contributed by atoms with Crippen LogP contribution in [0.2, 0.25) is 0 Å². The van der Waals surface area contributed by atoms with Crippen LogP contribution in [0.5, 0.6) is 0 Å². The van der Waals surface area contributed by atoms with Gasteiger partial charge >= 0.3 is 0 Å². The van der Waals surface area contributed by atoms with Crippen LogP contribution in [0.15, 0.2) is 36.4 Å². The van der Waals surface area contributed by atoms with Crippen molar-refractivity contribution in [3.63, 3.8) is 0 Å². The summed E-state index contributed by atoms with van der Waals surface area (Å²) in [6, 6.07) is 12.8. The van der Waals surface area contributed by atoms with E-state index < -0.39 is 0 Å². The van der Waals surface area contributed by atoms with Gasteiger partial charge in [0.1, 0.15) is 0 Å². The number of piperazine rings is 1. The molecule has 0 spiro atoms. The fourth-order valence-electron chi connectivity index (χ4n) is 3.47. The highest BCUT2D eigenvalue weighted by Crippen LogP contribution is 2.24. The van der Waals surface area contributed by atoms with E-state index in [1.165, 1.54) is 27.9 Å². The summed E-state index contributed by atoms with van der Waals surface area (Å²) in [6.07, 6.45) is 0.505. The van der Waals surface area contributed by atoms with Crippen molar-refractivity contribution >= 4 is 11.6 Å². The summed E-state index contributed by atoms with van der Waals surface area (Å²) >= 11 is 0. The Balaban J connectivity index is 1.60. The first kappa shape index (κ1) is 17.5. The van der Waals surface area contributed by atoms with Crippen LogP contribution >= 0.6 is 0 Å². The quantitative estimate of drug-likeness (QED) is 0.851. The first-order valence-corrected chi connectivity index (χ1v) is 9.11. The van der Waals surface area contributed by atoms with E-state index in [0.29, 0.717) is 6.42 Å². The number of benzene rings is 2. The Morgan fingerprint density at radius 1 is 0.880 bits per heavy atom. The summed E-state index contributed by atoms with van der Waals surface area (Å²) in [4.78, 5) is 17.1. The Morgan fingerprint density at radius 2 is 1.60 bits per heavy atom. The molecule has 0 aliphatic carbocycles. The van der Waals surface area contributed by atoms with Crippen LogP contribution in [0.4, 0.5) is 5.69 Å². The Bertz CT molecular complexity index is 774. The van der Waals surface area contributed by atoms with Gasteiger partial charge in [0.2, 0.25) is 5.91 Å². The minimum Gasteiger partial charge on any atom is -0.368 e. The Morgan fingerprint density at radius 3 is 2.28 bits per heavy atom. The van der Waals surface area contributed by atoms with Gasteiger partial charge in [0.15, 0.2) is 0 Å². The molecule has 1 saturated heterocycles. The van der Waals surface area contributed by atoms with Gasteiger partial charge in [-0.1, -0.05) is 30.3 Å². The van der Waals surface area contributed by atoms with Gasteiger partial charge in [-0.25, -0.2) is 0 Å². The van der Waals surface area contributed by atoms with Crippen LogP contribution in [0.25, 0.3) is 0 Å².